The van der Waals surface area contributed by atoms with Crippen LogP contribution in [-0.2, 0) is 12.5 Å². The Morgan fingerprint density at radius 2 is 2.05 bits per heavy atom. The molecule has 0 bridgehead atoms. The summed E-state index contributed by atoms with van der Waals surface area (Å²) < 4.78 is 7.30. The number of aryl methyl sites for hydroxylation is 1. The average Bonchev–Trinajstić information content (AvgIpc) is 2.73. The van der Waals surface area contributed by atoms with Crippen LogP contribution >= 0.6 is 0 Å². The molecule has 0 amide bonds. The van der Waals surface area contributed by atoms with Crippen molar-refractivity contribution in [3.63, 3.8) is 0 Å². The Bertz CT molecular complexity index is 572. The monoisotopic (exact) mass is 262 g/mol. The highest BCUT2D eigenvalue weighted by Crippen LogP contribution is 2.25. The quantitative estimate of drug-likeness (QED) is 0.644. The molecule has 0 spiro atoms. The van der Waals surface area contributed by atoms with Gasteiger partial charge in [-0.25, -0.2) is 10.8 Å². The fourth-order valence-electron chi connectivity index (χ4n) is 1.46. The third kappa shape index (κ3) is 3.19. The van der Waals surface area contributed by atoms with E-state index in [1.54, 1.807) is 23.1 Å². The predicted octanol–water partition coefficient (Wildman–Crippen LogP) is 1.59. The number of rotatable bonds is 3. The second-order valence-electron chi connectivity index (χ2n) is 5.26. The van der Waals surface area contributed by atoms with Crippen LogP contribution in [0.3, 0.4) is 0 Å². The van der Waals surface area contributed by atoms with E-state index in [0.29, 0.717) is 23.3 Å². The minimum Gasteiger partial charge on any atom is -0.436 e. The lowest BCUT2D eigenvalue weighted by molar-refractivity contribution is 0.446. The Morgan fingerprint density at radius 3 is 2.58 bits per heavy atom. The van der Waals surface area contributed by atoms with Gasteiger partial charge in [0.25, 0.3) is 0 Å². The maximum Gasteiger partial charge on any atom is 0.224 e. The maximum atomic E-state index is 5.65. The fraction of sp³-hybridized carbons (Fsp3) is 0.417. The van der Waals surface area contributed by atoms with E-state index in [1.165, 1.54) is 0 Å². The molecule has 19 heavy (non-hydrogen) atoms. The standard InChI is InChI=1S/C12H18N6O/c1-12(2,3)11-15-9(17-13)5-10(16-11)19-8-6-14-18(4)7-8/h5-7H,13H2,1-4H3,(H,15,16,17). The molecule has 7 nitrogen and oxygen atoms in total. The van der Waals surface area contributed by atoms with E-state index in [2.05, 4.69) is 20.5 Å². The van der Waals surface area contributed by atoms with Crippen molar-refractivity contribution in [1.82, 2.24) is 19.7 Å². The largest absolute Gasteiger partial charge is 0.436 e. The summed E-state index contributed by atoms with van der Waals surface area (Å²) in [5.41, 5.74) is 2.32. The first-order valence-electron chi connectivity index (χ1n) is 5.91. The number of nitrogens with two attached hydrogens (primary N) is 1. The van der Waals surface area contributed by atoms with E-state index in [9.17, 15) is 0 Å². The summed E-state index contributed by atoms with van der Waals surface area (Å²) >= 11 is 0. The zero-order valence-electron chi connectivity index (χ0n) is 11.5. The molecule has 0 aliphatic rings. The zero-order chi connectivity index (χ0) is 14.0. The van der Waals surface area contributed by atoms with E-state index in [1.807, 2.05) is 27.8 Å². The second kappa shape index (κ2) is 4.85. The molecule has 102 valence electrons. The number of nitrogens with one attached hydrogen (secondary N) is 1. The van der Waals surface area contributed by atoms with Crippen molar-refractivity contribution >= 4 is 5.82 Å². The first-order valence-corrected chi connectivity index (χ1v) is 5.91. The topological polar surface area (TPSA) is 90.9 Å². The average molecular weight is 262 g/mol. The van der Waals surface area contributed by atoms with E-state index >= 15 is 0 Å². The van der Waals surface area contributed by atoms with Crippen LogP contribution in [0.1, 0.15) is 26.6 Å². The Balaban J connectivity index is 2.34. The molecule has 0 aliphatic heterocycles. The van der Waals surface area contributed by atoms with E-state index in [4.69, 9.17) is 10.6 Å². The SMILES string of the molecule is Cn1cc(Oc2cc(NN)nc(C(C)(C)C)n2)cn1. The molecule has 0 radical (unpaired) electrons. The number of nitrogens with zero attached hydrogens (tertiary/aromatic N) is 4. The lowest BCUT2D eigenvalue weighted by Gasteiger charge is -2.18. The van der Waals surface area contributed by atoms with Crippen molar-refractivity contribution in [2.24, 2.45) is 12.9 Å². The highest BCUT2D eigenvalue weighted by molar-refractivity contribution is 5.39. The molecule has 7 heteroatoms. The maximum absolute atomic E-state index is 5.65. The molecule has 2 rings (SSSR count). The number of nitrogen functional groups attached to an aromatic ring is 1. The molecule has 3 N–H and O–H groups in total. The highest BCUT2D eigenvalue weighted by atomic mass is 16.5. The Labute approximate surface area is 111 Å². The number of hydrazine groups is 1. The van der Waals surface area contributed by atoms with Gasteiger partial charge in [0, 0.05) is 18.5 Å². The molecule has 0 aliphatic carbocycles. The molecule has 2 aromatic rings. The number of anilines is 1. The van der Waals surface area contributed by atoms with Gasteiger partial charge in [0.2, 0.25) is 5.88 Å². The van der Waals surface area contributed by atoms with Gasteiger partial charge in [-0.15, -0.1) is 0 Å². The van der Waals surface area contributed by atoms with Gasteiger partial charge in [0.15, 0.2) is 5.75 Å². The van der Waals surface area contributed by atoms with Gasteiger partial charge in [0.05, 0.1) is 12.4 Å². The van der Waals surface area contributed by atoms with E-state index < -0.39 is 0 Å². The van der Waals surface area contributed by atoms with E-state index in [0.717, 1.165) is 0 Å². The van der Waals surface area contributed by atoms with Crippen LogP contribution in [0.5, 0.6) is 11.6 Å². The number of hydrogen-bond donors (Lipinski definition) is 2. The third-order valence-electron chi connectivity index (χ3n) is 2.42. The molecular formula is C12H18N6O. The summed E-state index contributed by atoms with van der Waals surface area (Å²) in [6, 6.07) is 1.64. The van der Waals surface area contributed by atoms with Crippen molar-refractivity contribution in [3.05, 3.63) is 24.3 Å². The molecule has 0 aromatic carbocycles. The van der Waals surface area contributed by atoms with Gasteiger partial charge in [-0.2, -0.15) is 10.1 Å². The first-order chi connectivity index (χ1) is 8.88. The Kier molecular flexibility index (Phi) is 3.39. The van der Waals surface area contributed by atoms with Crippen LogP contribution in [0.2, 0.25) is 0 Å². The summed E-state index contributed by atoms with van der Waals surface area (Å²) in [6.07, 6.45) is 3.38. The molecule has 0 saturated heterocycles. The molecule has 0 unspecified atom stereocenters. The van der Waals surface area contributed by atoms with Gasteiger partial charge < -0.3 is 10.2 Å². The number of ether oxygens (including phenoxy) is 1. The lowest BCUT2D eigenvalue weighted by Crippen LogP contribution is -2.19. The zero-order valence-corrected chi connectivity index (χ0v) is 11.5. The van der Waals surface area contributed by atoms with Crippen LogP contribution in [0.25, 0.3) is 0 Å². The van der Waals surface area contributed by atoms with Gasteiger partial charge >= 0.3 is 0 Å². The van der Waals surface area contributed by atoms with E-state index in [-0.39, 0.29) is 5.41 Å². The Morgan fingerprint density at radius 1 is 1.32 bits per heavy atom. The van der Waals surface area contributed by atoms with Crippen molar-refractivity contribution in [3.8, 4) is 11.6 Å². The van der Waals surface area contributed by atoms with Crippen LogP contribution < -0.4 is 16.0 Å². The van der Waals surface area contributed by atoms with Crippen molar-refractivity contribution in [2.75, 3.05) is 5.43 Å². The normalized spacial score (nSPS) is 11.4. The Hall–Kier alpha value is -2.15. The summed E-state index contributed by atoms with van der Waals surface area (Å²) in [4.78, 5) is 8.71. The lowest BCUT2D eigenvalue weighted by atomic mass is 9.96. The van der Waals surface area contributed by atoms with Crippen LogP contribution in [0.15, 0.2) is 18.5 Å². The molecule has 0 saturated carbocycles. The highest BCUT2D eigenvalue weighted by Gasteiger charge is 2.19. The van der Waals surface area contributed by atoms with Crippen molar-refractivity contribution in [2.45, 2.75) is 26.2 Å². The van der Waals surface area contributed by atoms with Gasteiger partial charge in [0.1, 0.15) is 11.6 Å². The summed E-state index contributed by atoms with van der Waals surface area (Å²) in [6.45, 7) is 6.07. The summed E-state index contributed by atoms with van der Waals surface area (Å²) in [7, 11) is 1.82. The smallest absolute Gasteiger partial charge is 0.224 e. The molecule has 0 fully saturated rings. The molecule has 2 aromatic heterocycles. The third-order valence-corrected chi connectivity index (χ3v) is 2.42. The predicted molar refractivity (Wildman–Crippen MR) is 71.8 cm³/mol. The molecule has 0 atom stereocenters. The minimum absolute atomic E-state index is 0.195. The van der Waals surface area contributed by atoms with Gasteiger partial charge in [-0.3, -0.25) is 4.68 Å². The first kappa shape index (κ1) is 13.3. The van der Waals surface area contributed by atoms with Crippen molar-refractivity contribution < 1.29 is 4.74 Å². The minimum atomic E-state index is -0.195. The van der Waals surface area contributed by atoms with Gasteiger partial charge in [-0.05, 0) is 0 Å². The summed E-state index contributed by atoms with van der Waals surface area (Å²) in [5, 5.41) is 4.03. The van der Waals surface area contributed by atoms with Crippen LogP contribution in [0.4, 0.5) is 5.82 Å². The van der Waals surface area contributed by atoms with Crippen molar-refractivity contribution in [1.29, 1.82) is 0 Å². The second-order valence-corrected chi connectivity index (χ2v) is 5.26. The molecular weight excluding hydrogens is 244 g/mol. The fourth-order valence-corrected chi connectivity index (χ4v) is 1.46. The van der Waals surface area contributed by atoms with Crippen LogP contribution in [0, 0.1) is 0 Å². The summed E-state index contributed by atoms with van der Waals surface area (Å²) in [5.74, 6) is 7.63. The number of aromatic nitrogens is 4. The number of hydrogen-bond acceptors (Lipinski definition) is 6. The molecule has 2 heterocycles. The van der Waals surface area contributed by atoms with Crippen LogP contribution in [-0.4, -0.2) is 19.7 Å². The van der Waals surface area contributed by atoms with Gasteiger partial charge in [-0.1, -0.05) is 20.8 Å².